The zero-order valence-corrected chi connectivity index (χ0v) is 53.5. The molecule has 9 aromatic rings. The van der Waals surface area contributed by atoms with Crippen molar-refractivity contribution in [3.8, 4) is 17.2 Å². The summed E-state index contributed by atoms with van der Waals surface area (Å²) in [4.78, 5) is 0. The summed E-state index contributed by atoms with van der Waals surface area (Å²) in [6.45, 7) is 4.44. The fourth-order valence-electron chi connectivity index (χ4n) is 12.1. The molecule has 0 aromatic heterocycles. The number of unbranched alkanes of at least 4 members (excludes halogenated alkanes) is 14. The monoisotopic (exact) mass is 1260 g/mol. The van der Waals surface area contributed by atoms with Gasteiger partial charge in [0.2, 0.25) is 0 Å². The van der Waals surface area contributed by atoms with Gasteiger partial charge in [0.1, 0.15) is 0 Å². The Balaban J connectivity index is 1.30. The Morgan fingerprint density at radius 2 is 0.556 bits per heavy atom. The minimum absolute atomic E-state index is 0.0717. The van der Waals surface area contributed by atoms with Crippen LogP contribution >= 0.6 is 14.1 Å². The average molecular weight is 1260 g/mol. The van der Waals surface area contributed by atoms with E-state index in [4.69, 9.17) is 22.6 Å². The molecule has 9 rings (SSSR count). The summed E-state index contributed by atoms with van der Waals surface area (Å²) in [5.41, 5.74) is -1.02. The van der Waals surface area contributed by atoms with Gasteiger partial charge < -0.3 is 0 Å². The fraction of sp³-hybridized carbons (Fsp3) is 0.289. The van der Waals surface area contributed by atoms with Crippen LogP contribution in [0.25, 0.3) is 0 Å². The van der Waals surface area contributed by atoms with E-state index in [0.29, 0.717) is 55.5 Å². The summed E-state index contributed by atoms with van der Waals surface area (Å²) in [7, 11) is -13.2. The molecule has 0 heterocycles. The van der Waals surface area contributed by atoms with Crippen LogP contribution in [0.3, 0.4) is 0 Å². The molecule has 90 heavy (non-hydrogen) atoms. The van der Waals surface area contributed by atoms with Crippen LogP contribution in [-0.4, -0.2) is 7.32 Å². The molecular weight excluding hydrogens is 1180 g/mol. The van der Waals surface area contributed by atoms with Crippen LogP contribution in [0.15, 0.2) is 249 Å². The number of rotatable bonds is 34. The fourth-order valence-corrected chi connectivity index (χ4v) is 21.5. The second kappa shape index (κ2) is 31.2. The summed E-state index contributed by atoms with van der Waals surface area (Å²) >= 11 is 0. The van der Waals surface area contributed by atoms with Crippen LogP contribution in [0.4, 0.5) is 26.3 Å². The second-order valence-electron chi connectivity index (χ2n) is 23.2. The van der Waals surface area contributed by atoms with Crippen molar-refractivity contribution in [3.05, 3.63) is 271 Å². The molecule has 5 nitrogen and oxygen atoms in total. The standard InChI is InChI=1S/C76H83BF6O5P2/c1-3-5-7-9-11-13-15-23-37-62-51-55-66(56-52-62)85-89(69-39-25-17-26-40-69,70-41-27-18-28-42-70,71-43-29-19-30-44-71)87-77(84-68-60-64(75(78,79)80)59-65(61-68)76(81,82)83)88-90(72-45-31-20-32-46-72,73-47-33-21-34-48-73,74-49-35-22-36-50-74)86-67-57-53-63(54-58-67)38-24-16-14-12-10-8-6-4-2/h17-22,25-36,39-61H,3-16,23-24,37-38H2,1-2H3. The Morgan fingerprint density at radius 3 is 0.811 bits per heavy atom. The molecule has 0 saturated heterocycles. The summed E-state index contributed by atoms with van der Waals surface area (Å²) in [6, 6.07) is 72.1. The predicted molar refractivity (Wildman–Crippen MR) is 362 cm³/mol. The van der Waals surface area contributed by atoms with Crippen LogP contribution in [0.1, 0.15) is 139 Å². The maximum atomic E-state index is 15.2. The van der Waals surface area contributed by atoms with E-state index in [9.17, 15) is 0 Å². The number of aryl methyl sites for hydroxylation is 2. The molecule has 0 N–H and O–H groups in total. The minimum atomic E-state index is -5.46. The van der Waals surface area contributed by atoms with Gasteiger partial charge in [-0.25, -0.2) is 0 Å². The van der Waals surface area contributed by atoms with Crippen molar-refractivity contribution in [2.75, 3.05) is 0 Å². The topological polar surface area (TPSA) is 46.2 Å². The second-order valence-corrected chi connectivity index (χ2v) is 30.9. The normalized spacial score (nSPS) is 12.9. The third-order valence-electron chi connectivity index (χ3n) is 16.8. The van der Waals surface area contributed by atoms with Crippen molar-refractivity contribution >= 4 is 53.3 Å². The van der Waals surface area contributed by atoms with Crippen LogP contribution in [0.2, 0.25) is 0 Å². The Kier molecular flexibility index (Phi) is 23.3. The molecule has 0 fully saturated rings. The molecule has 0 aliphatic heterocycles. The first kappa shape index (κ1) is 67.2. The maximum absolute atomic E-state index is 15.2. The van der Waals surface area contributed by atoms with Gasteiger partial charge in [0.15, 0.2) is 0 Å². The van der Waals surface area contributed by atoms with Gasteiger partial charge in [0, 0.05) is 0 Å². The van der Waals surface area contributed by atoms with Crippen molar-refractivity contribution in [1.82, 2.24) is 0 Å². The SMILES string of the molecule is CCCCCCCCCCc1ccc(OP(OB(Oc2cc(C(F)(F)F)cc(C(F)(F)F)c2)OP(Oc2ccc(CCCCCCCCCC)cc2)(c2ccccc2)(c2ccccc2)c2ccccc2)(c2ccccc2)(c2ccccc2)c2ccccc2)cc1. The molecule has 14 heteroatoms. The van der Waals surface area contributed by atoms with Crippen LogP contribution < -0.4 is 45.5 Å². The van der Waals surface area contributed by atoms with Crippen molar-refractivity contribution in [2.24, 2.45) is 0 Å². The Hall–Kier alpha value is -7.20. The molecule has 9 aromatic carbocycles. The molecule has 472 valence electrons. The first-order valence-corrected chi connectivity index (χ1v) is 36.1. The number of halogens is 6. The van der Waals surface area contributed by atoms with Crippen molar-refractivity contribution < 1.29 is 48.9 Å². The van der Waals surface area contributed by atoms with E-state index in [2.05, 4.69) is 13.8 Å². The molecule has 0 spiro atoms. The van der Waals surface area contributed by atoms with E-state index in [0.717, 1.165) is 62.5 Å². The van der Waals surface area contributed by atoms with Crippen LogP contribution in [-0.2, 0) is 34.1 Å². The summed E-state index contributed by atoms with van der Waals surface area (Å²) in [6.07, 6.45) is 9.96. The number of alkyl halides is 6. The van der Waals surface area contributed by atoms with Crippen molar-refractivity contribution in [1.29, 1.82) is 0 Å². The molecule has 0 aliphatic carbocycles. The summed E-state index contributed by atoms with van der Waals surface area (Å²) in [5, 5.41) is 2.80. The van der Waals surface area contributed by atoms with Gasteiger partial charge in [-0.15, -0.1) is 0 Å². The number of hydrogen-bond donors (Lipinski definition) is 0. The number of benzene rings is 9. The zero-order chi connectivity index (χ0) is 63.2. The predicted octanol–water partition coefficient (Wildman–Crippen LogP) is 20.4. The zero-order valence-electron chi connectivity index (χ0n) is 51.7. The van der Waals surface area contributed by atoms with Crippen molar-refractivity contribution in [3.63, 3.8) is 0 Å². The van der Waals surface area contributed by atoms with Gasteiger partial charge in [0.25, 0.3) is 0 Å². The van der Waals surface area contributed by atoms with Gasteiger partial charge in [-0.05, 0) is 0 Å². The first-order chi connectivity index (χ1) is 43.7. The molecule has 0 amide bonds. The number of hydrogen-bond acceptors (Lipinski definition) is 5. The molecule has 0 saturated carbocycles. The van der Waals surface area contributed by atoms with E-state index >= 15 is 26.3 Å². The molecule has 0 unspecified atom stereocenters. The third-order valence-corrected chi connectivity index (χ3v) is 26.4. The van der Waals surface area contributed by atoms with Gasteiger partial charge >= 0.3 is 493 Å². The van der Waals surface area contributed by atoms with Gasteiger partial charge in [0.05, 0.1) is 0 Å². The molecule has 0 bridgehead atoms. The molecule has 0 atom stereocenters. The van der Waals surface area contributed by atoms with E-state index in [1.165, 1.54) is 64.2 Å². The van der Waals surface area contributed by atoms with Crippen LogP contribution in [0.5, 0.6) is 17.2 Å². The van der Waals surface area contributed by atoms with Gasteiger partial charge in [-0.3, -0.25) is 0 Å². The van der Waals surface area contributed by atoms with Crippen molar-refractivity contribution in [2.45, 2.75) is 142 Å². The Morgan fingerprint density at radius 1 is 0.300 bits per heavy atom. The Bertz CT molecular complexity index is 3140. The average Bonchev–Trinajstić information content (AvgIpc) is 0.692. The van der Waals surface area contributed by atoms with Gasteiger partial charge in [-0.1, -0.05) is 39.5 Å². The summed E-state index contributed by atoms with van der Waals surface area (Å²) in [5.74, 6) is -0.138. The summed E-state index contributed by atoms with van der Waals surface area (Å²) < 4.78 is 130. The van der Waals surface area contributed by atoms with Crippen LogP contribution in [0, 0.1) is 0 Å². The molecular formula is C76H83BF6O5P2. The molecule has 0 radical (unpaired) electrons. The van der Waals surface area contributed by atoms with E-state index in [1.54, 1.807) is 0 Å². The van der Waals surface area contributed by atoms with E-state index in [-0.39, 0.29) is 6.07 Å². The van der Waals surface area contributed by atoms with Gasteiger partial charge in [-0.2, -0.15) is 0 Å². The Labute approximate surface area is 529 Å². The first-order valence-electron chi connectivity index (χ1n) is 32.0. The van der Waals surface area contributed by atoms with E-state index in [1.807, 2.05) is 231 Å². The molecule has 0 aliphatic rings. The van der Waals surface area contributed by atoms with E-state index < -0.39 is 50.7 Å². The third kappa shape index (κ3) is 15.7. The quantitative estimate of drug-likeness (QED) is 0.0174.